The minimum Gasteiger partial charge on any atom is -0.497 e. The molecule has 200 valence electrons. The summed E-state index contributed by atoms with van der Waals surface area (Å²) in [4.78, 5) is 41.8. The van der Waals surface area contributed by atoms with Gasteiger partial charge in [0.25, 0.3) is 5.91 Å². The summed E-state index contributed by atoms with van der Waals surface area (Å²) < 4.78 is 10.6. The van der Waals surface area contributed by atoms with Gasteiger partial charge in [0.15, 0.2) is 0 Å². The zero-order valence-electron chi connectivity index (χ0n) is 22.9. The molecule has 1 aliphatic carbocycles. The van der Waals surface area contributed by atoms with Crippen LogP contribution in [0.25, 0.3) is 0 Å². The number of ether oxygens (including phenoxy) is 2. The van der Waals surface area contributed by atoms with Crippen molar-refractivity contribution in [2.24, 2.45) is 0 Å². The molecule has 0 bridgehead atoms. The second kappa shape index (κ2) is 11.7. The van der Waals surface area contributed by atoms with Crippen molar-refractivity contribution >= 4 is 23.6 Å². The van der Waals surface area contributed by atoms with Crippen molar-refractivity contribution in [2.75, 3.05) is 12.4 Å². The zero-order valence-corrected chi connectivity index (χ0v) is 22.9. The van der Waals surface area contributed by atoms with Gasteiger partial charge in [0.1, 0.15) is 23.4 Å². The first-order chi connectivity index (χ1) is 17.4. The molecule has 2 atom stereocenters. The molecule has 37 heavy (non-hydrogen) atoms. The van der Waals surface area contributed by atoms with E-state index in [-0.39, 0.29) is 17.9 Å². The molecule has 8 heteroatoms. The quantitative estimate of drug-likeness (QED) is 0.504. The summed E-state index contributed by atoms with van der Waals surface area (Å²) in [5.74, 6) is 0.0319. The third-order valence-electron chi connectivity index (χ3n) is 6.43. The number of rotatable bonds is 8. The lowest BCUT2D eigenvalue weighted by atomic mass is 9.87. The molecule has 1 saturated carbocycles. The number of carbonyl (C=O) groups excluding carboxylic acids is 3. The van der Waals surface area contributed by atoms with Crippen LogP contribution in [0.3, 0.4) is 0 Å². The Bertz CT molecular complexity index is 1120. The van der Waals surface area contributed by atoms with Gasteiger partial charge in [0.05, 0.1) is 7.11 Å². The van der Waals surface area contributed by atoms with Crippen LogP contribution in [0, 0.1) is 13.8 Å². The van der Waals surface area contributed by atoms with Crippen LogP contribution in [0.2, 0.25) is 0 Å². The molecule has 2 aromatic carbocycles. The molecular weight excluding hydrogens is 470 g/mol. The molecule has 0 spiro atoms. The van der Waals surface area contributed by atoms with Crippen molar-refractivity contribution in [3.63, 3.8) is 0 Å². The molecule has 2 N–H and O–H groups in total. The lowest BCUT2D eigenvalue weighted by Gasteiger charge is -2.43. The van der Waals surface area contributed by atoms with E-state index in [0.717, 1.165) is 36.0 Å². The minimum absolute atomic E-state index is 0.109. The van der Waals surface area contributed by atoms with Crippen LogP contribution in [0.15, 0.2) is 42.5 Å². The van der Waals surface area contributed by atoms with Gasteiger partial charge in [0.2, 0.25) is 5.91 Å². The van der Waals surface area contributed by atoms with E-state index >= 15 is 0 Å². The van der Waals surface area contributed by atoms with Crippen LogP contribution in [0.1, 0.15) is 69.7 Å². The summed E-state index contributed by atoms with van der Waals surface area (Å²) in [6.45, 7) is 10.9. The smallest absolute Gasteiger partial charge is 0.408 e. The molecule has 8 nitrogen and oxygen atoms in total. The number of amides is 3. The van der Waals surface area contributed by atoms with Crippen LogP contribution < -0.4 is 15.4 Å². The van der Waals surface area contributed by atoms with E-state index in [1.165, 1.54) is 0 Å². The monoisotopic (exact) mass is 509 g/mol. The van der Waals surface area contributed by atoms with Gasteiger partial charge >= 0.3 is 6.09 Å². The van der Waals surface area contributed by atoms with E-state index in [0.29, 0.717) is 11.4 Å². The molecule has 2 aromatic rings. The molecular formula is C29H39N3O5. The van der Waals surface area contributed by atoms with E-state index in [1.807, 2.05) is 32.0 Å². The Kier molecular flexibility index (Phi) is 8.84. The lowest BCUT2D eigenvalue weighted by molar-refractivity contribution is -0.145. The van der Waals surface area contributed by atoms with Crippen LogP contribution in [0.4, 0.5) is 10.5 Å². The average Bonchev–Trinajstić information content (AvgIpc) is 2.77. The number of nitrogens with zero attached hydrogens (tertiary/aromatic N) is 1. The molecule has 0 aromatic heterocycles. The SMILES string of the molecule is COc1ccc(NC(=O)C(c2ccc(C)cc2C)N(C(=O)C(C)NC(=O)OC(C)(C)C)C2CCC2)cc1. The van der Waals surface area contributed by atoms with Crippen molar-refractivity contribution < 1.29 is 23.9 Å². The van der Waals surface area contributed by atoms with E-state index < -0.39 is 23.8 Å². The van der Waals surface area contributed by atoms with Crippen molar-refractivity contribution in [1.29, 1.82) is 0 Å². The van der Waals surface area contributed by atoms with Crippen molar-refractivity contribution in [3.05, 3.63) is 59.2 Å². The van der Waals surface area contributed by atoms with E-state index in [1.54, 1.807) is 64.0 Å². The number of benzene rings is 2. The molecule has 0 radical (unpaired) electrons. The number of alkyl carbamates (subject to hydrolysis) is 1. The second-order valence-corrected chi connectivity index (χ2v) is 10.7. The number of aryl methyl sites for hydroxylation is 2. The van der Waals surface area contributed by atoms with Gasteiger partial charge < -0.3 is 25.0 Å². The van der Waals surface area contributed by atoms with E-state index in [2.05, 4.69) is 10.6 Å². The summed E-state index contributed by atoms with van der Waals surface area (Å²) >= 11 is 0. The summed E-state index contributed by atoms with van der Waals surface area (Å²) in [6.07, 6.45) is 1.89. The maximum Gasteiger partial charge on any atom is 0.408 e. The van der Waals surface area contributed by atoms with Crippen LogP contribution >= 0.6 is 0 Å². The Morgan fingerprint density at radius 3 is 2.19 bits per heavy atom. The average molecular weight is 510 g/mol. The fourth-order valence-corrected chi connectivity index (χ4v) is 4.39. The number of hydrogen-bond donors (Lipinski definition) is 2. The first-order valence-electron chi connectivity index (χ1n) is 12.7. The van der Waals surface area contributed by atoms with Crippen molar-refractivity contribution in [3.8, 4) is 5.75 Å². The Balaban J connectivity index is 1.96. The van der Waals surface area contributed by atoms with Gasteiger partial charge in [-0.05, 0) is 96.2 Å². The Morgan fingerprint density at radius 2 is 1.68 bits per heavy atom. The largest absolute Gasteiger partial charge is 0.497 e. The van der Waals surface area contributed by atoms with Crippen LogP contribution in [-0.2, 0) is 14.3 Å². The second-order valence-electron chi connectivity index (χ2n) is 10.7. The van der Waals surface area contributed by atoms with Gasteiger partial charge in [-0.3, -0.25) is 9.59 Å². The summed E-state index contributed by atoms with van der Waals surface area (Å²) in [5, 5.41) is 5.64. The van der Waals surface area contributed by atoms with Crippen LogP contribution in [-0.4, -0.2) is 47.6 Å². The fraction of sp³-hybridized carbons (Fsp3) is 0.483. The molecule has 2 unspecified atom stereocenters. The highest BCUT2D eigenvalue weighted by atomic mass is 16.6. The maximum atomic E-state index is 13.9. The molecule has 3 amide bonds. The predicted molar refractivity (Wildman–Crippen MR) is 144 cm³/mol. The van der Waals surface area contributed by atoms with Gasteiger partial charge in [0, 0.05) is 11.7 Å². The number of methoxy groups -OCH3 is 1. The Morgan fingerprint density at radius 1 is 1.03 bits per heavy atom. The van der Waals surface area contributed by atoms with Crippen molar-refractivity contribution in [2.45, 2.75) is 84.5 Å². The lowest BCUT2D eigenvalue weighted by Crippen LogP contribution is -2.56. The predicted octanol–water partition coefficient (Wildman–Crippen LogP) is 5.29. The maximum absolute atomic E-state index is 13.9. The van der Waals surface area contributed by atoms with Gasteiger partial charge in [-0.2, -0.15) is 0 Å². The minimum atomic E-state index is -0.877. The summed E-state index contributed by atoms with van der Waals surface area (Å²) in [6, 6.07) is 11.1. The number of anilines is 1. The molecule has 1 aliphatic rings. The van der Waals surface area contributed by atoms with Gasteiger partial charge in [-0.15, -0.1) is 0 Å². The third kappa shape index (κ3) is 7.24. The first-order valence-corrected chi connectivity index (χ1v) is 12.7. The zero-order chi connectivity index (χ0) is 27.3. The van der Waals surface area contributed by atoms with E-state index in [9.17, 15) is 14.4 Å². The molecule has 0 heterocycles. The van der Waals surface area contributed by atoms with Crippen LogP contribution in [0.5, 0.6) is 5.75 Å². The molecule has 1 fully saturated rings. The molecule has 3 rings (SSSR count). The van der Waals surface area contributed by atoms with Gasteiger partial charge in [-0.1, -0.05) is 23.8 Å². The number of hydrogen-bond acceptors (Lipinski definition) is 5. The highest BCUT2D eigenvalue weighted by Crippen LogP contribution is 2.35. The highest BCUT2D eigenvalue weighted by molar-refractivity contribution is 5.99. The molecule has 0 saturated heterocycles. The standard InChI is InChI=1S/C29H39N3O5/c1-18-11-16-24(19(2)17-18)25(26(33)31-21-12-14-23(36-7)15-13-21)32(22-9-8-10-22)27(34)20(3)30-28(35)37-29(4,5)6/h11-17,20,22,25H,8-10H2,1-7H3,(H,30,35)(H,31,33). The molecule has 0 aliphatic heterocycles. The Labute approximate surface area is 219 Å². The third-order valence-corrected chi connectivity index (χ3v) is 6.43. The normalized spacial score (nSPS) is 15.1. The number of nitrogens with one attached hydrogen (secondary N) is 2. The Hall–Kier alpha value is -3.55. The topological polar surface area (TPSA) is 97.0 Å². The number of carbonyl (C=O) groups is 3. The van der Waals surface area contributed by atoms with Gasteiger partial charge in [-0.25, -0.2) is 4.79 Å². The fourth-order valence-electron chi connectivity index (χ4n) is 4.39. The highest BCUT2D eigenvalue weighted by Gasteiger charge is 2.41. The summed E-state index contributed by atoms with van der Waals surface area (Å²) in [7, 11) is 1.58. The van der Waals surface area contributed by atoms with E-state index in [4.69, 9.17) is 9.47 Å². The summed E-state index contributed by atoms with van der Waals surface area (Å²) in [5.41, 5.74) is 2.64. The first kappa shape index (κ1) is 28.0. The van der Waals surface area contributed by atoms with Crippen molar-refractivity contribution in [1.82, 2.24) is 10.2 Å².